The molecule has 0 spiro atoms. The maximum atomic E-state index is 13.8. The Kier molecular flexibility index (Phi) is 6.34. The highest BCUT2D eigenvalue weighted by Crippen LogP contribution is 2.34. The summed E-state index contributed by atoms with van der Waals surface area (Å²) in [6.45, 7) is 3.39. The van der Waals surface area contributed by atoms with E-state index >= 15 is 0 Å². The van der Waals surface area contributed by atoms with Gasteiger partial charge in [-0.25, -0.2) is 23.1 Å². The van der Waals surface area contributed by atoms with E-state index in [2.05, 4.69) is 15.4 Å². The molecule has 0 atom stereocenters. The summed E-state index contributed by atoms with van der Waals surface area (Å²) in [5.74, 6) is -1.31. The van der Waals surface area contributed by atoms with E-state index in [1.165, 1.54) is 6.07 Å². The molecule has 3 aromatic heterocycles. The molecule has 0 radical (unpaired) electrons. The van der Waals surface area contributed by atoms with Gasteiger partial charge >= 0.3 is 5.97 Å². The molecule has 34 heavy (non-hydrogen) atoms. The summed E-state index contributed by atoms with van der Waals surface area (Å²) in [6, 6.07) is 11.9. The van der Waals surface area contributed by atoms with E-state index in [-0.39, 0.29) is 39.0 Å². The Morgan fingerprint density at radius 1 is 1.29 bits per heavy atom. The number of thiophene rings is 1. The van der Waals surface area contributed by atoms with Crippen molar-refractivity contribution >= 4 is 33.9 Å². The Balaban J connectivity index is 1.77. The highest BCUT2D eigenvalue weighted by molar-refractivity contribution is 7.18. The number of benzene rings is 1. The van der Waals surface area contributed by atoms with Crippen LogP contribution in [-0.2, 0) is 4.74 Å². The highest BCUT2D eigenvalue weighted by Gasteiger charge is 2.25. The lowest BCUT2D eigenvalue weighted by atomic mass is 10.1. The molecule has 11 heteroatoms. The minimum absolute atomic E-state index is 0.0627. The van der Waals surface area contributed by atoms with Gasteiger partial charge in [-0.2, -0.15) is 10.4 Å². The molecule has 1 aromatic carbocycles. The van der Waals surface area contributed by atoms with Gasteiger partial charge in [-0.1, -0.05) is 30.3 Å². The van der Waals surface area contributed by atoms with Crippen LogP contribution in [0.25, 0.3) is 16.9 Å². The molecule has 1 amide bonds. The molecule has 8 nitrogen and oxygen atoms in total. The third kappa shape index (κ3) is 4.11. The monoisotopic (exact) mass is 481 g/mol. The number of hydrogen-bond donors (Lipinski definition) is 1. The number of nitrogens with zero attached hydrogens (tertiary/aromatic N) is 4. The fourth-order valence-corrected chi connectivity index (χ4v) is 4.40. The molecule has 3 heterocycles. The lowest BCUT2D eigenvalue weighted by molar-refractivity contribution is 0.0531. The van der Waals surface area contributed by atoms with Crippen molar-refractivity contribution in [2.24, 2.45) is 0 Å². The molecule has 1 N–H and O–H groups in total. The Hall–Kier alpha value is -4.17. The predicted octanol–water partition coefficient (Wildman–Crippen LogP) is 5.00. The number of halogens is 2. The van der Waals surface area contributed by atoms with E-state index in [0.717, 1.165) is 22.0 Å². The topological polar surface area (TPSA) is 109 Å². The van der Waals surface area contributed by atoms with E-state index < -0.39 is 24.0 Å². The fourth-order valence-electron chi connectivity index (χ4n) is 3.36. The van der Waals surface area contributed by atoms with Crippen LogP contribution in [0.5, 0.6) is 0 Å². The first-order chi connectivity index (χ1) is 16.3. The summed E-state index contributed by atoms with van der Waals surface area (Å²) in [6.07, 6.45) is -1.72. The number of esters is 1. The largest absolute Gasteiger partial charge is 0.462 e. The molecular weight excluding hydrogens is 464 g/mol. The van der Waals surface area contributed by atoms with E-state index in [9.17, 15) is 23.6 Å². The Bertz CT molecular complexity index is 1440. The Labute approximate surface area is 196 Å². The number of alkyl halides is 2. The van der Waals surface area contributed by atoms with Crippen molar-refractivity contribution in [3.8, 4) is 17.3 Å². The summed E-state index contributed by atoms with van der Waals surface area (Å²) in [5.41, 5.74) is 0.803. The van der Waals surface area contributed by atoms with Crippen LogP contribution in [0.1, 0.15) is 50.2 Å². The first kappa shape index (κ1) is 23.0. The number of ether oxygens (including phenoxy) is 1. The number of hydrogen-bond acceptors (Lipinski definition) is 7. The van der Waals surface area contributed by atoms with Gasteiger partial charge in [0.2, 0.25) is 0 Å². The third-order valence-electron chi connectivity index (χ3n) is 4.98. The predicted molar refractivity (Wildman–Crippen MR) is 121 cm³/mol. The zero-order valence-electron chi connectivity index (χ0n) is 18.0. The number of nitrogens with one attached hydrogen (secondary N) is 1. The molecule has 0 aliphatic carbocycles. The van der Waals surface area contributed by atoms with E-state index in [1.54, 1.807) is 44.2 Å². The fraction of sp³-hybridized carbons (Fsp3) is 0.174. The second kappa shape index (κ2) is 9.36. The molecule has 0 saturated heterocycles. The van der Waals surface area contributed by atoms with Crippen LogP contribution in [0.3, 0.4) is 0 Å². The number of carbonyl (C=O) groups is 2. The van der Waals surface area contributed by atoms with Gasteiger partial charge in [-0.05, 0) is 25.5 Å². The van der Waals surface area contributed by atoms with Crippen molar-refractivity contribution in [1.29, 1.82) is 5.26 Å². The van der Waals surface area contributed by atoms with Gasteiger partial charge in [-0.15, -0.1) is 11.3 Å². The smallest absolute Gasteiger partial charge is 0.348 e. The normalized spacial score (nSPS) is 10.9. The Morgan fingerprint density at radius 3 is 2.68 bits per heavy atom. The van der Waals surface area contributed by atoms with Crippen molar-refractivity contribution in [2.45, 2.75) is 20.3 Å². The molecule has 0 bridgehead atoms. The molecular formula is C23H17F2N5O3S. The van der Waals surface area contributed by atoms with Crippen LogP contribution in [0.2, 0.25) is 0 Å². The zero-order valence-corrected chi connectivity index (χ0v) is 18.8. The van der Waals surface area contributed by atoms with Crippen LogP contribution in [0.4, 0.5) is 13.8 Å². The van der Waals surface area contributed by atoms with Crippen molar-refractivity contribution in [3.63, 3.8) is 0 Å². The standard InChI is InChI=1S/C23H17F2N5O3S/c1-3-33-23(32)18-12(2)14(10-26)22(34-18)29-21(31)15-11-27-30-17(19(24)25)9-16(28-20(15)30)13-7-5-4-6-8-13/h4-9,11,19H,3H2,1-2H3,(H,29,31). The zero-order chi connectivity index (χ0) is 24.4. The van der Waals surface area contributed by atoms with E-state index in [1.807, 2.05) is 6.07 Å². The maximum absolute atomic E-state index is 13.8. The van der Waals surface area contributed by atoms with Crippen LogP contribution in [0.15, 0.2) is 42.6 Å². The van der Waals surface area contributed by atoms with Gasteiger partial charge in [0, 0.05) is 5.56 Å². The average molecular weight is 481 g/mol. The number of carbonyl (C=O) groups excluding carboxylic acids is 2. The van der Waals surface area contributed by atoms with Crippen molar-refractivity contribution in [3.05, 3.63) is 69.9 Å². The summed E-state index contributed by atoms with van der Waals surface area (Å²) in [5, 5.41) is 16.2. The lowest BCUT2D eigenvalue weighted by Gasteiger charge is -2.08. The third-order valence-corrected chi connectivity index (χ3v) is 6.17. The first-order valence-electron chi connectivity index (χ1n) is 10.1. The highest BCUT2D eigenvalue weighted by atomic mass is 32.1. The average Bonchev–Trinajstić information content (AvgIpc) is 3.39. The lowest BCUT2D eigenvalue weighted by Crippen LogP contribution is -2.12. The van der Waals surface area contributed by atoms with Crippen molar-refractivity contribution in [1.82, 2.24) is 14.6 Å². The molecule has 4 aromatic rings. The molecule has 0 aliphatic rings. The number of anilines is 1. The van der Waals surface area contributed by atoms with Gasteiger partial charge < -0.3 is 10.1 Å². The molecule has 0 saturated carbocycles. The number of rotatable bonds is 6. The van der Waals surface area contributed by atoms with Crippen LogP contribution >= 0.6 is 11.3 Å². The number of nitriles is 1. The van der Waals surface area contributed by atoms with Gasteiger partial charge in [0.05, 0.1) is 24.1 Å². The minimum Gasteiger partial charge on any atom is -0.462 e. The first-order valence-corrected chi connectivity index (χ1v) is 10.9. The van der Waals surface area contributed by atoms with Crippen LogP contribution in [-0.4, -0.2) is 33.1 Å². The van der Waals surface area contributed by atoms with Gasteiger partial charge in [0.1, 0.15) is 27.2 Å². The van der Waals surface area contributed by atoms with Crippen molar-refractivity contribution in [2.75, 3.05) is 11.9 Å². The molecule has 172 valence electrons. The number of amides is 1. The van der Waals surface area contributed by atoms with Crippen molar-refractivity contribution < 1.29 is 23.1 Å². The summed E-state index contributed by atoms with van der Waals surface area (Å²) in [7, 11) is 0. The minimum atomic E-state index is -2.86. The molecule has 4 rings (SSSR count). The summed E-state index contributed by atoms with van der Waals surface area (Å²) >= 11 is 0.901. The second-order valence-corrected chi connectivity index (χ2v) is 8.09. The van der Waals surface area contributed by atoms with Gasteiger partial charge in [0.25, 0.3) is 12.3 Å². The van der Waals surface area contributed by atoms with E-state index in [4.69, 9.17) is 4.74 Å². The summed E-state index contributed by atoms with van der Waals surface area (Å²) in [4.78, 5) is 29.9. The quantitative estimate of drug-likeness (QED) is 0.388. The van der Waals surface area contributed by atoms with Gasteiger partial charge in [0.15, 0.2) is 5.65 Å². The number of fused-ring (bicyclic) bond motifs is 1. The SMILES string of the molecule is CCOC(=O)c1sc(NC(=O)c2cnn3c(C(F)F)cc(-c4ccccc4)nc23)c(C#N)c1C. The molecule has 0 fully saturated rings. The van der Waals surface area contributed by atoms with E-state index in [0.29, 0.717) is 11.1 Å². The van der Waals surface area contributed by atoms with Gasteiger partial charge in [-0.3, -0.25) is 4.79 Å². The number of aromatic nitrogens is 3. The molecule has 0 aliphatic heterocycles. The maximum Gasteiger partial charge on any atom is 0.348 e. The molecule has 0 unspecified atom stereocenters. The van der Waals surface area contributed by atoms with Crippen LogP contribution in [0, 0.1) is 18.3 Å². The van der Waals surface area contributed by atoms with Crippen LogP contribution < -0.4 is 5.32 Å². The second-order valence-electron chi connectivity index (χ2n) is 7.07. The Morgan fingerprint density at radius 2 is 2.03 bits per heavy atom. The summed E-state index contributed by atoms with van der Waals surface area (Å²) < 4.78 is 33.5.